The van der Waals surface area contributed by atoms with Crippen LogP contribution in [0.3, 0.4) is 0 Å². The van der Waals surface area contributed by atoms with Gasteiger partial charge in [0.1, 0.15) is 5.82 Å². The monoisotopic (exact) mass is 275 g/mol. The van der Waals surface area contributed by atoms with Gasteiger partial charge in [-0.05, 0) is 50.7 Å². The summed E-state index contributed by atoms with van der Waals surface area (Å²) in [5, 5.41) is 3.68. The van der Waals surface area contributed by atoms with Crippen molar-refractivity contribution < 1.29 is 0 Å². The highest BCUT2D eigenvalue weighted by Crippen LogP contribution is 2.30. The quantitative estimate of drug-likeness (QED) is 0.874. The maximum Gasteiger partial charge on any atom is 0.128 e. The molecule has 3 atom stereocenters. The molecule has 3 heteroatoms. The van der Waals surface area contributed by atoms with Crippen molar-refractivity contribution in [3.8, 4) is 0 Å². The Hall–Kier alpha value is -1.25. The fraction of sp³-hybridized carbons (Fsp3) is 0.706. The van der Waals surface area contributed by atoms with Crippen molar-refractivity contribution in [2.24, 2.45) is 11.8 Å². The molecule has 1 aliphatic rings. The normalized spacial score (nSPS) is 26.3. The maximum absolute atomic E-state index is 4.59. The molecule has 20 heavy (non-hydrogen) atoms. The first-order valence-corrected chi connectivity index (χ1v) is 8.11. The summed E-state index contributed by atoms with van der Waals surface area (Å²) in [4.78, 5) is 6.87. The van der Waals surface area contributed by atoms with E-state index in [4.69, 9.17) is 0 Å². The predicted molar refractivity (Wildman–Crippen MR) is 87.4 cm³/mol. The zero-order chi connectivity index (χ0) is 14.5. The topological polar surface area (TPSA) is 28.2 Å². The van der Waals surface area contributed by atoms with E-state index in [1.165, 1.54) is 19.3 Å². The van der Waals surface area contributed by atoms with E-state index in [0.29, 0.717) is 6.04 Å². The Morgan fingerprint density at radius 2 is 1.95 bits per heavy atom. The van der Waals surface area contributed by atoms with Crippen LogP contribution in [0.15, 0.2) is 18.3 Å². The third-order valence-corrected chi connectivity index (χ3v) is 4.65. The number of aromatic nitrogens is 1. The summed E-state index contributed by atoms with van der Waals surface area (Å²) in [6.07, 6.45) is 5.97. The third-order valence-electron chi connectivity index (χ3n) is 4.65. The van der Waals surface area contributed by atoms with Crippen LogP contribution in [0.4, 0.5) is 11.5 Å². The highest BCUT2D eigenvalue weighted by molar-refractivity contribution is 5.49. The van der Waals surface area contributed by atoms with Gasteiger partial charge < -0.3 is 10.2 Å². The van der Waals surface area contributed by atoms with Gasteiger partial charge in [0.05, 0.1) is 11.9 Å². The Morgan fingerprint density at radius 3 is 2.55 bits per heavy atom. The van der Waals surface area contributed by atoms with E-state index < -0.39 is 0 Å². The standard InChI is InChI=1S/C17H29N3/c1-5-20(6-2)17-10-9-15(12-18-17)19-16-11-13(3)7-8-14(16)4/h9-10,12-14,16,19H,5-8,11H2,1-4H3. The van der Waals surface area contributed by atoms with E-state index in [1.807, 2.05) is 6.20 Å². The van der Waals surface area contributed by atoms with Crippen LogP contribution >= 0.6 is 0 Å². The summed E-state index contributed by atoms with van der Waals surface area (Å²) >= 11 is 0. The van der Waals surface area contributed by atoms with Crippen LogP contribution in [-0.2, 0) is 0 Å². The average Bonchev–Trinajstić information content (AvgIpc) is 2.46. The van der Waals surface area contributed by atoms with E-state index in [0.717, 1.165) is 36.4 Å². The number of pyridine rings is 1. The average molecular weight is 275 g/mol. The van der Waals surface area contributed by atoms with Gasteiger partial charge in [0.2, 0.25) is 0 Å². The molecule has 2 rings (SSSR count). The molecule has 1 aliphatic carbocycles. The van der Waals surface area contributed by atoms with E-state index in [2.05, 4.69) is 55.0 Å². The van der Waals surface area contributed by atoms with E-state index in [-0.39, 0.29) is 0 Å². The molecule has 112 valence electrons. The van der Waals surface area contributed by atoms with Gasteiger partial charge in [0.25, 0.3) is 0 Å². The summed E-state index contributed by atoms with van der Waals surface area (Å²) in [6, 6.07) is 4.90. The molecule has 1 N–H and O–H groups in total. The van der Waals surface area contributed by atoms with Crippen LogP contribution < -0.4 is 10.2 Å². The number of rotatable bonds is 5. The SMILES string of the molecule is CCN(CC)c1ccc(NC2CC(C)CCC2C)cn1. The van der Waals surface area contributed by atoms with Crippen molar-refractivity contribution in [2.45, 2.75) is 53.0 Å². The molecular weight excluding hydrogens is 246 g/mol. The van der Waals surface area contributed by atoms with Gasteiger partial charge in [0.15, 0.2) is 0 Å². The number of anilines is 2. The summed E-state index contributed by atoms with van der Waals surface area (Å²) in [7, 11) is 0. The summed E-state index contributed by atoms with van der Waals surface area (Å²) in [5.41, 5.74) is 1.16. The lowest BCUT2D eigenvalue weighted by Gasteiger charge is -2.34. The van der Waals surface area contributed by atoms with E-state index in [9.17, 15) is 0 Å². The van der Waals surface area contributed by atoms with Crippen molar-refractivity contribution in [3.63, 3.8) is 0 Å². The fourth-order valence-electron chi connectivity index (χ4n) is 3.15. The zero-order valence-corrected chi connectivity index (χ0v) is 13.4. The van der Waals surface area contributed by atoms with Gasteiger partial charge >= 0.3 is 0 Å². The molecule has 0 bridgehead atoms. The second-order valence-corrected chi connectivity index (χ2v) is 6.22. The zero-order valence-electron chi connectivity index (χ0n) is 13.4. The smallest absolute Gasteiger partial charge is 0.128 e. The third kappa shape index (κ3) is 3.65. The van der Waals surface area contributed by atoms with Crippen LogP contribution in [0, 0.1) is 11.8 Å². The Kier molecular flexibility index (Phi) is 5.27. The number of nitrogens with zero attached hydrogens (tertiary/aromatic N) is 2. The molecule has 0 radical (unpaired) electrons. The molecule has 0 aliphatic heterocycles. The minimum atomic E-state index is 0.597. The van der Waals surface area contributed by atoms with Crippen LogP contribution in [0.25, 0.3) is 0 Å². The van der Waals surface area contributed by atoms with Crippen LogP contribution in [-0.4, -0.2) is 24.1 Å². The van der Waals surface area contributed by atoms with Crippen LogP contribution in [0.1, 0.15) is 47.0 Å². The van der Waals surface area contributed by atoms with Gasteiger partial charge in [-0.3, -0.25) is 0 Å². The highest BCUT2D eigenvalue weighted by atomic mass is 15.2. The number of hydrogen-bond donors (Lipinski definition) is 1. The second-order valence-electron chi connectivity index (χ2n) is 6.22. The largest absolute Gasteiger partial charge is 0.381 e. The molecule has 3 unspecified atom stereocenters. The minimum absolute atomic E-state index is 0.597. The Labute approximate surface area is 123 Å². The van der Waals surface area contributed by atoms with Gasteiger partial charge in [-0.25, -0.2) is 4.98 Å². The minimum Gasteiger partial charge on any atom is -0.381 e. The maximum atomic E-state index is 4.59. The second kappa shape index (κ2) is 6.96. The number of hydrogen-bond acceptors (Lipinski definition) is 3. The molecule has 1 fully saturated rings. The molecule has 1 aromatic heterocycles. The Bertz CT molecular complexity index is 397. The Morgan fingerprint density at radius 1 is 1.20 bits per heavy atom. The molecule has 0 saturated heterocycles. The molecule has 3 nitrogen and oxygen atoms in total. The first-order valence-electron chi connectivity index (χ1n) is 8.11. The first-order chi connectivity index (χ1) is 9.63. The first kappa shape index (κ1) is 15.1. The lowest BCUT2D eigenvalue weighted by molar-refractivity contribution is 0.280. The molecule has 0 amide bonds. The summed E-state index contributed by atoms with van der Waals surface area (Å²) in [6.45, 7) is 11.1. The molecule has 0 aromatic carbocycles. The van der Waals surface area contributed by atoms with Crippen LogP contribution in [0.5, 0.6) is 0 Å². The van der Waals surface area contributed by atoms with Gasteiger partial charge in [0, 0.05) is 19.1 Å². The lowest BCUT2D eigenvalue weighted by atomic mass is 9.80. The fourth-order valence-corrected chi connectivity index (χ4v) is 3.15. The molecule has 1 saturated carbocycles. The summed E-state index contributed by atoms with van der Waals surface area (Å²) in [5.74, 6) is 2.67. The van der Waals surface area contributed by atoms with E-state index in [1.54, 1.807) is 0 Å². The van der Waals surface area contributed by atoms with Crippen LogP contribution in [0.2, 0.25) is 0 Å². The molecule has 1 aromatic rings. The van der Waals surface area contributed by atoms with Gasteiger partial charge in [-0.1, -0.05) is 20.3 Å². The lowest BCUT2D eigenvalue weighted by Crippen LogP contribution is -2.33. The predicted octanol–water partition coefficient (Wildman–Crippen LogP) is 4.16. The van der Waals surface area contributed by atoms with Crippen molar-refractivity contribution in [3.05, 3.63) is 18.3 Å². The van der Waals surface area contributed by atoms with Gasteiger partial charge in [-0.2, -0.15) is 0 Å². The molecular formula is C17H29N3. The highest BCUT2D eigenvalue weighted by Gasteiger charge is 2.25. The van der Waals surface area contributed by atoms with Gasteiger partial charge in [-0.15, -0.1) is 0 Å². The molecule has 1 heterocycles. The van der Waals surface area contributed by atoms with Crippen molar-refractivity contribution >= 4 is 11.5 Å². The number of nitrogens with one attached hydrogen (secondary N) is 1. The van der Waals surface area contributed by atoms with Crippen molar-refractivity contribution in [1.82, 2.24) is 4.98 Å². The Balaban J connectivity index is 1.99. The summed E-state index contributed by atoms with van der Waals surface area (Å²) < 4.78 is 0. The van der Waals surface area contributed by atoms with E-state index >= 15 is 0 Å². The molecule has 0 spiro atoms. The van der Waals surface area contributed by atoms with Crippen molar-refractivity contribution in [1.29, 1.82) is 0 Å². The van der Waals surface area contributed by atoms with Crippen molar-refractivity contribution in [2.75, 3.05) is 23.3 Å².